The van der Waals surface area contributed by atoms with Crippen molar-refractivity contribution >= 4 is 22.8 Å². The zero-order chi connectivity index (χ0) is 12.5. The van der Waals surface area contributed by atoms with E-state index in [1.54, 1.807) is 13.3 Å². The van der Waals surface area contributed by atoms with E-state index in [-0.39, 0.29) is 11.5 Å². The molecule has 0 aliphatic rings. The number of aromatic amines is 1. The minimum atomic E-state index is -0.282. The van der Waals surface area contributed by atoms with Crippen molar-refractivity contribution in [1.82, 2.24) is 20.2 Å². The highest BCUT2D eigenvalue weighted by atomic mass is 16.5. The van der Waals surface area contributed by atoms with Crippen LogP contribution < -0.4 is 11.1 Å². The van der Waals surface area contributed by atoms with Gasteiger partial charge in [0, 0.05) is 13.7 Å². The van der Waals surface area contributed by atoms with Gasteiger partial charge in [0.15, 0.2) is 5.65 Å². The van der Waals surface area contributed by atoms with Crippen molar-refractivity contribution in [2.24, 2.45) is 0 Å². The van der Waals surface area contributed by atoms with Gasteiger partial charge in [0.1, 0.15) is 5.82 Å². The first kappa shape index (κ1) is 11.6. The summed E-state index contributed by atoms with van der Waals surface area (Å²) >= 11 is 0. The average molecular weight is 236 g/mol. The number of nitrogens with zero attached hydrogens (tertiary/aromatic N) is 3. The van der Waals surface area contributed by atoms with Crippen molar-refractivity contribution in [2.75, 3.05) is 24.7 Å². The molecule has 2 aromatic heterocycles. The van der Waals surface area contributed by atoms with Crippen molar-refractivity contribution in [3.8, 4) is 0 Å². The van der Waals surface area contributed by atoms with E-state index >= 15 is 0 Å². The van der Waals surface area contributed by atoms with Crippen LogP contribution in [0.15, 0.2) is 6.20 Å². The number of methoxy groups -OCH3 is 1. The quantitative estimate of drug-likeness (QED) is 0.724. The zero-order valence-corrected chi connectivity index (χ0v) is 10.1. The van der Waals surface area contributed by atoms with Gasteiger partial charge >= 0.3 is 0 Å². The first-order chi connectivity index (χ1) is 8.02. The summed E-state index contributed by atoms with van der Waals surface area (Å²) in [6, 6.07) is 0. The molecule has 92 valence electrons. The molecule has 7 nitrogen and oxygen atoms in total. The molecule has 2 aromatic rings. The molecule has 0 radical (unpaired) electrons. The molecule has 0 saturated heterocycles. The second-order valence-electron chi connectivity index (χ2n) is 4.38. The molecule has 2 rings (SSSR count). The maximum absolute atomic E-state index is 5.61. The van der Waals surface area contributed by atoms with E-state index < -0.39 is 0 Å². The van der Waals surface area contributed by atoms with Crippen LogP contribution >= 0.6 is 0 Å². The fourth-order valence-electron chi connectivity index (χ4n) is 1.36. The number of fused-ring (bicyclic) bond motifs is 1. The van der Waals surface area contributed by atoms with Crippen LogP contribution in [0.1, 0.15) is 13.8 Å². The molecular formula is C10H16N6O. The van der Waals surface area contributed by atoms with Crippen molar-refractivity contribution < 1.29 is 4.74 Å². The summed E-state index contributed by atoms with van der Waals surface area (Å²) in [5, 5.41) is 10.7. The van der Waals surface area contributed by atoms with Gasteiger partial charge in [0.05, 0.1) is 17.2 Å². The largest absolute Gasteiger partial charge is 0.377 e. The molecule has 0 aliphatic heterocycles. The first-order valence-electron chi connectivity index (χ1n) is 5.27. The summed E-state index contributed by atoms with van der Waals surface area (Å²) in [5.74, 6) is 0.867. The molecule has 0 aromatic carbocycles. The fourth-order valence-corrected chi connectivity index (χ4v) is 1.36. The molecule has 0 fully saturated rings. The van der Waals surface area contributed by atoms with Gasteiger partial charge in [0.2, 0.25) is 5.95 Å². The van der Waals surface area contributed by atoms with Gasteiger partial charge in [0.25, 0.3) is 0 Å². The molecule has 0 spiro atoms. The molecule has 17 heavy (non-hydrogen) atoms. The standard InChI is InChI=1S/C10H16N6O/c1-10(2,17-3)5-12-7-6-4-13-16-8(6)15-9(11)14-7/h4H,5H2,1-3H3,(H4,11,12,13,14,15,16). The van der Waals surface area contributed by atoms with Crippen LogP contribution in [0.2, 0.25) is 0 Å². The van der Waals surface area contributed by atoms with Crippen LogP contribution in [0, 0.1) is 0 Å². The van der Waals surface area contributed by atoms with Crippen molar-refractivity contribution in [3.05, 3.63) is 6.20 Å². The Bertz CT molecular complexity index is 520. The van der Waals surface area contributed by atoms with Gasteiger partial charge in [-0.15, -0.1) is 0 Å². The van der Waals surface area contributed by atoms with Crippen LogP contribution in [0.5, 0.6) is 0 Å². The summed E-state index contributed by atoms with van der Waals surface area (Å²) < 4.78 is 5.32. The Morgan fingerprint density at radius 3 is 2.94 bits per heavy atom. The van der Waals surface area contributed by atoms with Crippen molar-refractivity contribution in [1.29, 1.82) is 0 Å². The van der Waals surface area contributed by atoms with E-state index in [1.807, 2.05) is 13.8 Å². The van der Waals surface area contributed by atoms with Crippen molar-refractivity contribution in [2.45, 2.75) is 19.4 Å². The maximum Gasteiger partial charge on any atom is 0.224 e. The molecule has 0 atom stereocenters. The summed E-state index contributed by atoms with van der Waals surface area (Å²) in [6.07, 6.45) is 1.66. The molecule has 0 aliphatic carbocycles. The number of hydrogen-bond acceptors (Lipinski definition) is 6. The van der Waals surface area contributed by atoms with E-state index in [9.17, 15) is 0 Å². The third kappa shape index (κ3) is 2.44. The smallest absolute Gasteiger partial charge is 0.224 e. The van der Waals surface area contributed by atoms with Gasteiger partial charge in [-0.05, 0) is 13.8 Å². The zero-order valence-electron chi connectivity index (χ0n) is 10.1. The monoisotopic (exact) mass is 236 g/mol. The Labute approximate surface area is 98.8 Å². The molecular weight excluding hydrogens is 220 g/mol. The van der Waals surface area contributed by atoms with Crippen LogP contribution in [0.4, 0.5) is 11.8 Å². The minimum absolute atomic E-state index is 0.208. The number of nitrogens with one attached hydrogen (secondary N) is 2. The van der Waals surface area contributed by atoms with Crippen molar-refractivity contribution in [3.63, 3.8) is 0 Å². The van der Waals surface area contributed by atoms with Crippen LogP contribution in [-0.4, -0.2) is 39.4 Å². The van der Waals surface area contributed by atoms with Gasteiger partial charge in [-0.25, -0.2) is 0 Å². The summed E-state index contributed by atoms with van der Waals surface area (Å²) in [6.45, 7) is 4.58. The predicted octanol–water partition coefficient (Wildman–Crippen LogP) is 0.772. The lowest BCUT2D eigenvalue weighted by atomic mass is 10.1. The molecule has 0 bridgehead atoms. The van der Waals surface area contributed by atoms with E-state index in [0.717, 1.165) is 5.39 Å². The van der Waals surface area contributed by atoms with Gasteiger partial charge < -0.3 is 15.8 Å². The number of H-pyrrole nitrogens is 1. The lowest BCUT2D eigenvalue weighted by Crippen LogP contribution is -2.32. The van der Waals surface area contributed by atoms with Gasteiger partial charge in [-0.1, -0.05) is 0 Å². The second-order valence-corrected chi connectivity index (χ2v) is 4.38. The molecule has 4 N–H and O–H groups in total. The summed E-state index contributed by atoms with van der Waals surface area (Å²) in [7, 11) is 1.67. The topological polar surface area (TPSA) is 102 Å². The molecule has 0 amide bonds. The third-order valence-electron chi connectivity index (χ3n) is 2.56. The van der Waals surface area contributed by atoms with Crippen LogP contribution in [0.3, 0.4) is 0 Å². The molecule has 0 unspecified atom stereocenters. The van der Waals surface area contributed by atoms with E-state index in [2.05, 4.69) is 25.5 Å². The normalized spacial score (nSPS) is 11.9. The third-order valence-corrected chi connectivity index (χ3v) is 2.56. The second kappa shape index (κ2) is 4.17. The minimum Gasteiger partial charge on any atom is -0.377 e. The SMILES string of the molecule is COC(C)(C)CNc1nc(N)nc2[nH]ncc12. The van der Waals surface area contributed by atoms with Crippen LogP contribution in [0.25, 0.3) is 11.0 Å². The number of nitrogens with two attached hydrogens (primary N) is 1. The first-order valence-corrected chi connectivity index (χ1v) is 5.27. The predicted molar refractivity (Wildman–Crippen MR) is 65.7 cm³/mol. The number of hydrogen-bond donors (Lipinski definition) is 3. The lowest BCUT2D eigenvalue weighted by molar-refractivity contribution is 0.0343. The Balaban J connectivity index is 2.26. The number of anilines is 2. The number of aromatic nitrogens is 4. The Morgan fingerprint density at radius 1 is 1.47 bits per heavy atom. The molecule has 7 heteroatoms. The number of ether oxygens (including phenoxy) is 1. The van der Waals surface area contributed by atoms with Crippen LogP contribution in [-0.2, 0) is 4.74 Å². The highest BCUT2D eigenvalue weighted by molar-refractivity contribution is 5.86. The van der Waals surface area contributed by atoms with Gasteiger partial charge in [-0.3, -0.25) is 5.10 Å². The van der Waals surface area contributed by atoms with Gasteiger partial charge in [-0.2, -0.15) is 15.1 Å². The molecule has 0 saturated carbocycles. The fraction of sp³-hybridized carbons (Fsp3) is 0.500. The highest BCUT2D eigenvalue weighted by Crippen LogP contribution is 2.19. The lowest BCUT2D eigenvalue weighted by Gasteiger charge is -2.23. The Morgan fingerprint density at radius 2 is 2.24 bits per heavy atom. The Kier molecular flexibility index (Phi) is 2.84. The van der Waals surface area contributed by atoms with E-state index in [0.29, 0.717) is 18.0 Å². The van der Waals surface area contributed by atoms with E-state index in [4.69, 9.17) is 10.5 Å². The average Bonchev–Trinajstić information content (AvgIpc) is 2.73. The maximum atomic E-state index is 5.61. The highest BCUT2D eigenvalue weighted by Gasteiger charge is 2.17. The number of rotatable bonds is 4. The Hall–Kier alpha value is -1.89. The molecule has 2 heterocycles. The van der Waals surface area contributed by atoms with E-state index in [1.165, 1.54) is 0 Å². The summed E-state index contributed by atoms with van der Waals surface area (Å²) in [5.41, 5.74) is 5.95. The summed E-state index contributed by atoms with van der Waals surface area (Å²) in [4.78, 5) is 8.19. The number of nitrogen functional groups attached to an aromatic ring is 1.